The SMILES string of the molecule is C=C/C(=C\C=C/C)Nc1cc(OCCN(C)C)nc(-n2nc(C(F)(F)F)nc2Nc2ccc3c(c2)CCC(N2CCCC2)CC3)c1.CC.CC. The molecule has 1 atom stereocenters. The van der Waals surface area contributed by atoms with Gasteiger partial charge in [0, 0.05) is 41.8 Å². The molecular formula is C38H55F3N8O. The van der Waals surface area contributed by atoms with Gasteiger partial charge in [-0.1, -0.05) is 52.5 Å². The summed E-state index contributed by atoms with van der Waals surface area (Å²) in [5.41, 5.74) is 4.35. The van der Waals surface area contributed by atoms with E-state index >= 15 is 0 Å². The number of pyridine rings is 1. The average molecular weight is 697 g/mol. The molecule has 1 aliphatic heterocycles. The lowest BCUT2D eigenvalue weighted by Gasteiger charge is -2.25. The van der Waals surface area contributed by atoms with E-state index in [9.17, 15) is 13.2 Å². The Morgan fingerprint density at radius 1 is 1.00 bits per heavy atom. The molecular weight excluding hydrogens is 641 g/mol. The number of nitrogens with zero attached hydrogens (tertiary/aromatic N) is 6. The van der Waals surface area contributed by atoms with Crippen molar-refractivity contribution in [2.24, 2.45) is 0 Å². The summed E-state index contributed by atoms with van der Waals surface area (Å²) in [4.78, 5) is 13.0. The number of hydrogen-bond acceptors (Lipinski definition) is 8. The van der Waals surface area contributed by atoms with Crippen LogP contribution in [0.3, 0.4) is 0 Å². The monoisotopic (exact) mass is 696 g/mol. The lowest BCUT2D eigenvalue weighted by molar-refractivity contribution is -0.144. The molecule has 274 valence electrons. The standard InChI is InChI=1S/C34H43F3N8O.2C2H6/c1-5-7-10-26(6-2)38-28-22-30(40-31(23-28)46-20-19-43(3)4)45-33(41-32(42-45)34(35,36)37)39-27-14-11-24-12-15-29(16-13-25(24)21-27)44-17-8-9-18-44;2*1-2/h5-7,10-11,14,21-23,29H,2,8-9,12-13,15-20H2,1,3-4H3,(H,38,40)(H,39,41,42);2*1-2H3/b7-5-,26-10+;;. The third-order valence-electron chi connectivity index (χ3n) is 8.24. The van der Waals surface area contributed by atoms with Crippen molar-refractivity contribution in [2.45, 2.75) is 85.4 Å². The number of allylic oxidation sites excluding steroid dienone is 4. The maximum absolute atomic E-state index is 14.0. The minimum absolute atomic E-state index is 0.104. The highest BCUT2D eigenvalue weighted by Gasteiger charge is 2.38. The molecule has 3 heterocycles. The Morgan fingerprint density at radius 3 is 2.34 bits per heavy atom. The van der Waals surface area contributed by atoms with E-state index in [2.05, 4.69) is 43.2 Å². The summed E-state index contributed by atoms with van der Waals surface area (Å²) < 4.78 is 48.8. The summed E-state index contributed by atoms with van der Waals surface area (Å²) >= 11 is 0. The number of anilines is 3. The molecule has 50 heavy (non-hydrogen) atoms. The summed E-state index contributed by atoms with van der Waals surface area (Å²) in [5, 5.41) is 10.2. The van der Waals surface area contributed by atoms with Gasteiger partial charge in [0.1, 0.15) is 6.61 Å². The van der Waals surface area contributed by atoms with Gasteiger partial charge in [0.2, 0.25) is 11.8 Å². The maximum Gasteiger partial charge on any atom is 0.453 e. The zero-order valence-corrected chi connectivity index (χ0v) is 30.8. The van der Waals surface area contributed by atoms with Crippen LogP contribution in [0.4, 0.5) is 30.5 Å². The zero-order valence-electron chi connectivity index (χ0n) is 30.8. The summed E-state index contributed by atoms with van der Waals surface area (Å²) in [7, 11) is 3.84. The van der Waals surface area contributed by atoms with Gasteiger partial charge in [-0.05, 0) is 108 Å². The fourth-order valence-corrected chi connectivity index (χ4v) is 5.85. The summed E-state index contributed by atoms with van der Waals surface area (Å²) in [5.74, 6) is -1.04. The van der Waals surface area contributed by atoms with Crippen LogP contribution in [0.5, 0.6) is 5.88 Å². The Bertz CT molecular complexity index is 1560. The predicted molar refractivity (Wildman–Crippen MR) is 199 cm³/mol. The fourth-order valence-electron chi connectivity index (χ4n) is 5.85. The summed E-state index contributed by atoms with van der Waals surface area (Å²) in [6.45, 7) is 17.0. The molecule has 9 nitrogen and oxygen atoms in total. The van der Waals surface area contributed by atoms with Gasteiger partial charge in [0.05, 0.1) is 0 Å². The molecule has 1 aromatic carbocycles. The molecule has 2 aliphatic rings. The van der Waals surface area contributed by atoms with Gasteiger partial charge < -0.3 is 25.2 Å². The third-order valence-corrected chi connectivity index (χ3v) is 8.24. The first-order valence-electron chi connectivity index (χ1n) is 17.8. The van der Waals surface area contributed by atoms with E-state index in [0.29, 0.717) is 36.3 Å². The number of ether oxygens (including phenoxy) is 1. The maximum atomic E-state index is 14.0. The summed E-state index contributed by atoms with van der Waals surface area (Å²) in [6, 6.07) is 9.84. The summed E-state index contributed by atoms with van der Waals surface area (Å²) in [6.07, 6.45) is 9.06. The second kappa shape index (κ2) is 19.9. The quantitative estimate of drug-likeness (QED) is 0.144. The highest BCUT2D eigenvalue weighted by molar-refractivity contribution is 5.60. The van der Waals surface area contributed by atoms with E-state index in [1.165, 1.54) is 37.1 Å². The fraction of sp³-hybridized carbons (Fsp3) is 0.500. The number of fused-ring (bicyclic) bond motifs is 1. The van der Waals surface area contributed by atoms with Crippen molar-refractivity contribution in [3.05, 3.63) is 83.9 Å². The number of likely N-dealkylation sites (tertiary alicyclic amines) is 1. The third kappa shape index (κ3) is 11.4. The average Bonchev–Trinajstić information content (AvgIpc) is 3.75. The molecule has 2 N–H and O–H groups in total. The van der Waals surface area contributed by atoms with E-state index in [-0.39, 0.29) is 17.6 Å². The van der Waals surface area contributed by atoms with Crippen molar-refractivity contribution in [3.8, 4) is 11.7 Å². The molecule has 5 rings (SSSR count). The molecule has 0 saturated carbocycles. The molecule has 0 radical (unpaired) electrons. The molecule has 0 bridgehead atoms. The van der Waals surface area contributed by atoms with Crippen LogP contribution >= 0.6 is 0 Å². The smallest absolute Gasteiger partial charge is 0.453 e. The van der Waals surface area contributed by atoms with Crippen LogP contribution in [0.25, 0.3) is 5.82 Å². The highest BCUT2D eigenvalue weighted by Crippen LogP contribution is 2.32. The van der Waals surface area contributed by atoms with Gasteiger partial charge in [-0.3, -0.25) is 0 Å². The Labute approximate surface area is 296 Å². The minimum Gasteiger partial charge on any atom is -0.476 e. The first-order valence-corrected chi connectivity index (χ1v) is 17.8. The number of likely N-dealkylation sites (N-methyl/N-ethyl adjacent to an activating group) is 1. The predicted octanol–water partition coefficient (Wildman–Crippen LogP) is 8.82. The van der Waals surface area contributed by atoms with Gasteiger partial charge in [-0.25, -0.2) is 0 Å². The number of aromatic nitrogens is 4. The van der Waals surface area contributed by atoms with Crippen LogP contribution in [0, 0.1) is 0 Å². The topological polar surface area (TPSA) is 83.4 Å². The largest absolute Gasteiger partial charge is 0.476 e. The number of halogens is 3. The number of benzene rings is 1. The first kappa shape index (κ1) is 40.3. The van der Waals surface area contributed by atoms with Crippen molar-refractivity contribution < 1.29 is 17.9 Å². The molecule has 1 fully saturated rings. The molecule has 1 unspecified atom stereocenters. The lowest BCUT2D eigenvalue weighted by atomic mass is 10.0. The second-order valence-electron chi connectivity index (χ2n) is 11.9. The van der Waals surface area contributed by atoms with Crippen molar-refractivity contribution in [3.63, 3.8) is 0 Å². The first-order chi connectivity index (χ1) is 24.1. The molecule has 1 aliphatic carbocycles. The number of hydrogen-bond donors (Lipinski definition) is 2. The minimum atomic E-state index is -4.76. The molecule has 3 aromatic rings. The number of rotatable bonds is 12. The normalized spacial score (nSPS) is 16.5. The Hall–Kier alpha value is -4.16. The van der Waals surface area contributed by atoms with E-state index in [1.807, 2.05) is 84.0 Å². The van der Waals surface area contributed by atoms with Crippen LogP contribution < -0.4 is 15.4 Å². The van der Waals surface area contributed by atoms with Crippen LogP contribution in [-0.2, 0) is 19.0 Å². The molecule has 12 heteroatoms. The van der Waals surface area contributed by atoms with Gasteiger partial charge in [0.15, 0.2) is 5.82 Å². The molecule has 0 amide bonds. The Balaban J connectivity index is 0.00000163. The van der Waals surface area contributed by atoms with Crippen molar-refractivity contribution in [1.29, 1.82) is 0 Å². The van der Waals surface area contributed by atoms with E-state index < -0.39 is 12.0 Å². The molecule has 1 saturated heterocycles. The van der Waals surface area contributed by atoms with Crippen molar-refractivity contribution in [2.75, 3.05) is 51.0 Å². The van der Waals surface area contributed by atoms with Crippen LogP contribution in [0.15, 0.2) is 66.9 Å². The number of alkyl halides is 3. The number of aryl methyl sites for hydroxylation is 2. The van der Waals surface area contributed by atoms with Gasteiger partial charge >= 0.3 is 6.18 Å². The van der Waals surface area contributed by atoms with Gasteiger partial charge in [-0.2, -0.15) is 27.8 Å². The van der Waals surface area contributed by atoms with Crippen LogP contribution in [0.1, 0.15) is 77.3 Å². The van der Waals surface area contributed by atoms with E-state index in [1.54, 1.807) is 18.2 Å². The van der Waals surface area contributed by atoms with Gasteiger partial charge in [0.25, 0.3) is 5.82 Å². The highest BCUT2D eigenvalue weighted by atomic mass is 19.4. The van der Waals surface area contributed by atoms with Crippen LogP contribution in [-0.4, -0.2) is 75.9 Å². The van der Waals surface area contributed by atoms with E-state index in [0.717, 1.165) is 30.4 Å². The van der Waals surface area contributed by atoms with Crippen LogP contribution in [0.2, 0.25) is 0 Å². The van der Waals surface area contributed by atoms with Gasteiger partial charge in [-0.15, -0.1) is 5.10 Å². The Kier molecular flexibility index (Phi) is 16.0. The lowest BCUT2D eigenvalue weighted by Crippen LogP contribution is -2.32. The Morgan fingerprint density at radius 2 is 1.70 bits per heavy atom. The van der Waals surface area contributed by atoms with Crippen molar-refractivity contribution in [1.82, 2.24) is 29.5 Å². The second-order valence-corrected chi connectivity index (χ2v) is 11.9. The van der Waals surface area contributed by atoms with E-state index in [4.69, 9.17) is 4.74 Å². The molecule has 2 aromatic heterocycles. The molecule has 0 spiro atoms. The van der Waals surface area contributed by atoms with Crippen molar-refractivity contribution >= 4 is 17.3 Å². The zero-order chi connectivity index (χ0) is 36.7. The number of nitrogens with one attached hydrogen (secondary N) is 2.